The first-order valence-corrected chi connectivity index (χ1v) is 9.36. The van der Waals surface area contributed by atoms with E-state index >= 15 is 0 Å². The Kier molecular flexibility index (Phi) is 6.33. The molecule has 3 rings (SSSR count). The van der Waals surface area contributed by atoms with E-state index in [4.69, 9.17) is 4.52 Å². The number of carbonyl (C=O) groups is 1. The minimum atomic E-state index is -0.469. The van der Waals surface area contributed by atoms with Crippen LogP contribution in [0.4, 0.5) is 5.69 Å². The first kappa shape index (κ1) is 20.2. The molecule has 1 aromatic heterocycles. The number of amides is 1. The highest BCUT2D eigenvalue weighted by Gasteiger charge is 2.19. The minimum absolute atomic E-state index is 0.0367. The number of carbonyl (C=O) groups excluding carboxylic acids is 1. The summed E-state index contributed by atoms with van der Waals surface area (Å²) in [4.78, 5) is 29.4. The zero-order valence-corrected chi connectivity index (χ0v) is 16.3. The van der Waals surface area contributed by atoms with Gasteiger partial charge in [0.1, 0.15) is 0 Å². The molecule has 0 spiro atoms. The first-order valence-electron chi connectivity index (χ1n) is 9.36. The number of nitrogens with zero attached hydrogens (tertiary/aromatic N) is 4. The average molecular weight is 394 g/mol. The molecule has 0 radical (unpaired) electrons. The Morgan fingerprint density at radius 1 is 1.17 bits per heavy atom. The van der Waals surface area contributed by atoms with Gasteiger partial charge in [0.25, 0.3) is 11.6 Å². The van der Waals surface area contributed by atoms with Gasteiger partial charge in [-0.05, 0) is 18.1 Å². The van der Waals surface area contributed by atoms with Gasteiger partial charge < -0.3 is 9.42 Å². The summed E-state index contributed by atoms with van der Waals surface area (Å²) in [7, 11) is 0. The van der Waals surface area contributed by atoms with E-state index in [0.717, 1.165) is 0 Å². The van der Waals surface area contributed by atoms with Crippen LogP contribution >= 0.6 is 0 Å². The predicted molar refractivity (Wildman–Crippen MR) is 107 cm³/mol. The van der Waals surface area contributed by atoms with Gasteiger partial charge in [0.15, 0.2) is 0 Å². The highest BCUT2D eigenvalue weighted by Crippen LogP contribution is 2.21. The first-order chi connectivity index (χ1) is 13.9. The van der Waals surface area contributed by atoms with Crippen LogP contribution in [-0.2, 0) is 6.42 Å². The Morgan fingerprint density at radius 3 is 2.62 bits per heavy atom. The lowest BCUT2D eigenvalue weighted by Gasteiger charge is -2.24. The van der Waals surface area contributed by atoms with Crippen LogP contribution in [0.5, 0.6) is 0 Å². The van der Waals surface area contributed by atoms with Crippen molar-refractivity contribution in [3.05, 3.63) is 76.2 Å². The van der Waals surface area contributed by atoms with Crippen LogP contribution in [0.1, 0.15) is 30.1 Å². The fourth-order valence-corrected chi connectivity index (χ4v) is 2.94. The number of non-ortho nitro benzene ring substituents is 1. The lowest BCUT2D eigenvalue weighted by Crippen LogP contribution is -2.36. The molecule has 0 aliphatic rings. The molecule has 0 atom stereocenters. The van der Waals surface area contributed by atoms with E-state index < -0.39 is 4.92 Å². The molecule has 0 unspecified atom stereocenters. The molecule has 0 saturated heterocycles. The smallest absolute Gasteiger partial charge is 0.270 e. The summed E-state index contributed by atoms with van der Waals surface area (Å²) < 4.78 is 5.29. The maximum absolute atomic E-state index is 12.8. The van der Waals surface area contributed by atoms with E-state index in [-0.39, 0.29) is 17.4 Å². The molecule has 0 bridgehead atoms. The summed E-state index contributed by atoms with van der Waals surface area (Å²) in [6.07, 6.45) is 0.396. The van der Waals surface area contributed by atoms with Crippen molar-refractivity contribution >= 4 is 11.6 Å². The third kappa shape index (κ3) is 5.25. The van der Waals surface area contributed by atoms with E-state index in [1.54, 1.807) is 29.2 Å². The van der Waals surface area contributed by atoms with Gasteiger partial charge in [-0.15, -0.1) is 0 Å². The molecule has 2 aromatic carbocycles. The van der Waals surface area contributed by atoms with Gasteiger partial charge in [-0.2, -0.15) is 4.98 Å². The van der Waals surface area contributed by atoms with Crippen molar-refractivity contribution in [3.8, 4) is 11.4 Å². The highest BCUT2D eigenvalue weighted by molar-refractivity contribution is 5.94. The Labute approximate surface area is 168 Å². The summed E-state index contributed by atoms with van der Waals surface area (Å²) in [5.74, 6) is 0.929. The van der Waals surface area contributed by atoms with Gasteiger partial charge in [0.05, 0.1) is 4.92 Å². The van der Waals surface area contributed by atoms with Crippen LogP contribution in [-0.4, -0.2) is 39.0 Å². The Hall–Kier alpha value is -3.55. The van der Waals surface area contributed by atoms with Crippen LogP contribution in [0.15, 0.2) is 59.1 Å². The SMILES string of the molecule is CC(C)CN(CCc1nc(-c2cccc([N+](=O)[O-])c2)no1)C(=O)c1ccccc1. The number of aromatic nitrogens is 2. The van der Waals surface area contributed by atoms with Crippen LogP contribution in [0.3, 0.4) is 0 Å². The third-order valence-corrected chi connectivity index (χ3v) is 4.27. The summed E-state index contributed by atoms with van der Waals surface area (Å²) in [6, 6.07) is 15.2. The normalized spacial score (nSPS) is 10.9. The maximum atomic E-state index is 12.8. The van der Waals surface area contributed by atoms with Gasteiger partial charge in [0, 0.05) is 42.8 Å². The monoisotopic (exact) mass is 394 g/mol. The number of hydrogen-bond acceptors (Lipinski definition) is 6. The average Bonchev–Trinajstić information content (AvgIpc) is 3.20. The van der Waals surface area contributed by atoms with Crippen LogP contribution in [0, 0.1) is 16.0 Å². The topological polar surface area (TPSA) is 102 Å². The van der Waals surface area contributed by atoms with Gasteiger partial charge >= 0.3 is 0 Å². The molecule has 0 fully saturated rings. The molecule has 0 aliphatic heterocycles. The lowest BCUT2D eigenvalue weighted by atomic mass is 10.1. The molecule has 150 valence electrons. The molecule has 0 N–H and O–H groups in total. The fourth-order valence-electron chi connectivity index (χ4n) is 2.94. The maximum Gasteiger partial charge on any atom is 0.270 e. The number of nitro benzene ring substituents is 1. The lowest BCUT2D eigenvalue weighted by molar-refractivity contribution is -0.384. The van der Waals surface area contributed by atoms with E-state index in [0.29, 0.717) is 42.4 Å². The predicted octanol–water partition coefficient (Wildman–Crippen LogP) is 3.99. The van der Waals surface area contributed by atoms with Gasteiger partial charge in [-0.3, -0.25) is 14.9 Å². The Bertz CT molecular complexity index is 985. The van der Waals surface area contributed by atoms with E-state index in [2.05, 4.69) is 24.0 Å². The van der Waals surface area contributed by atoms with Crippen LogP contribution < -0.4 is 0 Å². The quantitative estimate of drug-likeness (QED) is 0.423. The molecule has 3 aromatic rings. The zero-order chi connectivity index (χ0) is 20.8. The highest BCUT2D eigenvalue weighted by atomic mass is 16.6. The summed E-state index contributed by atoms with van der Waals surface area (Å²) in [5.41, 5.74) is 1.11. The van der Waals surface area contributed by atoms with E-state index in [1.165, 1.54) is 12.1 Å². The zero-order valence-electron chi connectivity index (χ0n) is 16.3. The van der Waals surface area contributed by atoms with Crippen LogP contribution in [0.2, 0.25) is 0 Å². The fraction of sp³-hybridized carbons (Fsp3) is 0.286. The number of rotatable bonds is 8. The van der Waals surface area contributed by atoms with Crippen LogP contribution in [0.25, 0.3) is 11.4 Å². The summed E-state index contributed by atoms with van der Waals surface area (Å²) >= 11 is 0. The molecule has 1 heterocycles. The van der Waals surface area contributed by atoms with Gasteiger partial charge in [0.2, 0.25) is 11.7 Å². The van der Waals surface area contributed by atoms with Crippen molar-refractivity contribution in [1.29, 1.82) is 0 Å². The molecular formula is C21H22N4O4. The van der Waals surface area contributed by atoms with Crippen molar-refractivity contribution in [2.75, 3.05) is 13.1 Å². The second-order valence-corrected chi connectivity index (χ2v) is 7.08. The molecule has 8 heteroatoms. The van der Waals surface area contributed by atoms with Gasteiger partial charge in [-0.25, -0.2) is 0 Å². The molecule has 0 aliphatic carbocycles. The second kappa shape index (κ2) is 9.09. The minimum Gasteiger partial charge on any atom is -0.339 e. The molecule has 8 nitrogen and oxygen atoms in total. The number of nitro groups is 1. The molecular weight excluding hydrogens is 372 g/mol. The van der Waals surface area contributed by atoms with Crippen molar-refractivity contribution in [1.82, 2.24) is 15.0 Å². The third-order valence-electron chi connectivity index (χ3n) is 4.27. The van der Waals surface area contributed by atoms with Gasteiger partial charge in [-0.1, -0.05) is 49.3 Å². The summed E-state index contributed by atoms with van der Waals surface area (Å²) in [5, 5.41) is 14.9. The largest absolute Gasteiger partial charge is 0.339 e. The molecule has 0 saturated carbocycles. The molecule has 1 amide bonds. The van der Waals surface area contributed by atoms with E-state index in [9.17, 15) is 14.9 Å². The number of benzene rings is 2. The Balaban J connectivity index is 1.71. The molecule has 29 heavy (non-hydrogen) atoms. The van der Waals surface area contributed by atoms with Crippen molar-refractivity contribution in [2.24, 2.45) is 5.92 Å². The second-order valence-electron chi connectivity index (χ2n) is 7.08. The number of hydrogen-bond donors (Lipinski definition) is 0. The van der Waals surface area contributed by atoms with Crippen molar-refractivity contribution in [2.45, 2.75) is 20.3 Å². The van der Waals surface area contributed by atoms with Crippen molar-refractivity contribution < 1.29 is 14.2 Å². The van der Waals surface area contributed by atoms with Crippen molar-refractivity contribution in [3.63, 3.8) is 0 Å². The summed E-state index contributed by atoms with van der Waals surface area (Å²) in [6.45, 7) is 5.15. The van der Waals surface area contributed by atoms with E-state index in [1.807, 2.05) is 18.2 Å². The Morgan fingerprint density at radius 2 is 1.93 bits per heavy atom. The standard InChI is InChI=1S/C21H22N4O4/c1-15(2)14-24(21(26)16-7-4-3-5-8-16)12-11-19-22-20(23-29-19)17-9-6-10-18(13-17)25(27)28/h3-10,13,15H,11-12,14H2,1-2H3.